The molecule has 0 radical (unpaired) electrons. The summed E-state index contributed by atoms with van der Waals surface area (Å²) in [5.41, 5.74) is 4.65. The summed E-state index contributed by atoms with van der Waals surface area (Å²) < 4.78 is 39.5. The lowest BCUT2D eigenvalue weighted by Crippen LogP contribution is -2.48. The van der Waals surface area contributed by atoms with Crippen molar-refractivity contribution in [3.8, 4) is 22.8 Å². The zero-order valence-corrected chi connectivity index (χ0v) is 27.0. The third-order valence-electron chi connectivity index (χ3n) is 9.33. The van der Waals surface area contributed by atoms with Gasteiger partial charge in [0.1, 0.15) is 23.9 Å². The number of anilines is 1. The van der Waals surface area contributed by atoms with Gasteiger partial charge in [-0.05, 0) is 62.8 Å². The van der Waals surface area contributed by atoms with Crippen LogP contribution in [0.4, 0.5) is 9.52 Å². The van der Waals surface area contributed by atoms with Gasteiger partial charge in [0.15, 0.2) is 5.13 Å². The summed E-state index contributed by atoms with van der Waals surface area (Å²) in [6.45, 7) is 8.49. The normalized spacial score (nSPS) is 21.0. The van der Waals surface area contributed by atoms with Gasteiger partial charge in [-0.15, -0.1) is 11.3 Å². The molecule has 9 nitrogen and oxygen atoms in total. The van der Waals surface area contributed by atoms with Crippen molar-refractivity contribution in [2.75, 3.05) is 51.5 Å². The van der Waals surface area contributed by atoms with Crippen molar-refractivity contribution in [1.82, 2.24) is 9.88 Å². The van der Waals surface area contributed by atoms with Crippen LogP contribution in [0.3, 0.4) is 0 Å². The number of hydrogen-bond donors (Lipinski definition) is 1. The maximum absolute atomic E-state index is 16.0. The predicted octanol–water partition coefficient (Wildman–Crippen LogP) is 5.70. The molecule has 4 heterocycles. The fourth-order valence-corrected chi connectivity index (χ4v) is 7.75. The lowest BCUT2D eigenvalue weighted by Gasteiger charge is -2.38. The van der Waals surface area contributed by atoms with E-state index in [0.717, 1.165) is 65.7 Å². The average Bonchev–Trinajstić information content (AvgIpc) is 3.55. The van der Waals surface area contributed by atoms with Crippen molar-refractivity contribution < 1.29 is 33.2 Å². The summed E-state index contributed by atoms with van der Waals surface area (Å²) in [5.74, 6) is -0.191. The molecule has 2 saturated heterocycles. The number of carboxylic acids is 1. The molecule has 0 aliphatic carbocycles. The molecular weight excluding hydrogens is 597 g/mol. The van der Waals surface area contributed by atoms with Crippen LogP contribution in [-0.2, 0) is 33.8 Å². The zero-order valence-electron chi connectivity index (χ0n) is 26.2. The van der Waals surface area contributed by atoms with Crippen LogP contribution >= 0.6 is 11.3 Å². The number of carboxylic acid groups (broad SMARTS) is 1. The van der Waals surface area contributed by atoms with E-state index in [1.54, 1.807) is 13.2 Å². The van der Waals surface area contributed by atoms with E-state index < -0.39 is 11.9 Å². The molecule has 45 heavy (non-hydrogen) atoms. The van der Waals surface area contributed by atoms with E-state index in [0.29, 0.717) is 62.2 Å². The van der Waals surface area contributed by atoms with E-state index >= 15 is 4.39 Å². The molecule has 3 aromatic rings. The Kier molecular flexibility index (Phi) is 9.89. The highest BCUT2D eigenvalue weighted by Gasteiger charge is 2.36. The van der Waals surface area contributed by atoms with Crippen molar-refractivity contribution in [3.63, 3.8) is 0 Å². The Labute approximate surface area is 267 Å². The quantitative estimate of drug-likeness (QED) is 0.300. The van der Waals surface area contributed by atoms with Crippen LogP contribution in [0.25, 0.3) is 11.3 Å². The number of rotatable bonds is 10. The van der Waals surface area contributed by atoms with E-state index in [4.69, 9.17) is 23.9 Å². The Bertz CT molecular complexity index is 1510. The number of aryl methyl sites for hydroxylation is 1. The Hall–Kier alpha value is -3.25. The largest absolute Gasteiger partial charge is 0.496 e. The van der Waals surface area contributed by atoms with Crippen LogP contribution in [0.1, 0.15) is 48.4 Å². The smallest absolute Gasteiger partial charge is 0.309 e. The standard InChI is InChI=1S/C34H42FN3O6S/c1-4-43-30-18-38(13-9-26(30)33(39)40)34-36-28(20-45-34)25-7-5-6-21(2)32(25)44-19-22-16-29(41-3)27-17-37(12-8-24(27)31(22)35)23-10-14-42-15-11-23/h5-7,16,20,23,26,30H,4,8-15,17-19H2,1-3H3,(H,39,40)/t26-,30+/m0/s1. The monoisotopic (exact) mass is 639 g/mol. The van der Waals surface area contributed by atoms with Crippen molar-refractivity contribution in [2.45, 2.75) is 64.8 Å². The van der Waals surface area contributed by atoms with Gasteiger partial charge in [0.2, 0.25) is 0 Å². The fraction of sp³-hybridized carbons (Fsp3) is 0.529. The third-order valence-corrected chi connectivity index (χ3v) is 10.2. The first kappa shape index (κ1) is 31.7. The van der Waals surface area contributed by atoms with Crippen LogP contribution in [-0.4, -0.2) is 79.7 Å². The lowest BCUT2D eigenvalue weighted by atomic mass is 9.93. The number of benzene rings is 2. The second-order valence-electron chi connectivity index (χ2n) is 12.0. The summed E-state index contributed by atoms with van der Waals surface area (Å²) in [6.07, 6.45) is 2.75. The third kappa shape index (κ3) is 6.67. The van der Waals surface area contributed by atoms with Crippen molar-refractivity contribution >= 4 is 22.4 Å². The molecule has 0 spiro atoms. The Morgan fingerprint density at radius 3 is 2.78 bits per heavy atom. The van der Waals surface area contributed by atoms with E-state index in [1.165, 1.54) is 11.3 Å². The molecule has 3 aliphatic rings. The van der Waals surface area contributed by atoms with E-state index in [9.17, 15) is 9.90 Å². The summed E-state index contributed by atoms with van der Waals surface area (Å²) in [4.78, 5) is 21.2. The number of piperidine rings is 1. The number of thiazole rings is 1. The highest BCUT2D eigenvalue weighted by molar-refractivity contribution is 7.14. The molecule has 0 bridgehead atoms. The zero-order chi connectivity index (χ0) is 31.5. The number of methoxy groups -OCH3 is 1. The molecule has 0 amide bonds. The summed E-state index contributed by atoms with van der Waals surface area (Å²) in [6, 6.07) is 8.15. The van der Waals surface area contributed by atoms with Crippen LogP contribution in [0, 0.1) is 18.7 Å². The van der Waals surface area contributed by atoms with Gasteiger partial charge in [0.05, 0.1) is 24.8 Å². The number of para-hydroxylation sites is 1. The molecule has 2 fully saturated rings. The van der Waals surface area contributed by atoms with Gasteiger partial charge in [0, 0.05) is 74.1 Å². The minimum absolute atomic E-state index is 0.0622. The number of carbonyl (C=O) groups is 1. The lowest BCUT2D eigenvalue weighted by molar-refractivity contribution is -0.148. The predicted molar refractivity (Wildman–Crippen MR) is 171 cm³/mol. The number of fused-ring (bicyclic) bond motifs is 1. The number of halogens is 1. The van der Waals surface area contributed by atoms with Gasteiger partial charge in [0.25, 0.3) is 0 Å². The molecular formula is C34H42FN3O6S. The molecule has 11 heteroatoms. The number of nitrogens with zero attached hydrogens (tertiary/aromatic N) is 3. The Balaban J connectivity index is 1.20. The van der Waals surface area contributed by atoms with Gasteiger partial charge in [-0.1, -0.05) is 12.1 Å². The highest BCUT2D eigenvalue weighted by atomic mass is 32.1. The highest BCUT2D eigenvalue weighted by Crippen LogP contribution is 2.39. The second kappa shape index (κ2) is 14.0. The summed E-state index contributed by atoms with van der Waals surface area (Å²) in [5, 5.41) is 12.4. The number of hydrogen-bond acceptors (Lipinski definition) is 9. The Morgan fingerprint density at radius 1 is 1.20 bits per heavy atom. The van der Waals surface area contributed by atoms with Gasteiger partial charge < -0.3 is 29.0 Å². The number of aromatic nitrogens is 1. The summed E-state index contributed by atoms with van der Waals surface area (Å²) in [7, 11) is 1.64. The first-order valence-corrected chi connectivity index (χ1v) is 16.7. The molecule has 2 atom stereocenters. The maximum Gasteiger partial charge on any atom is 0.309 e. The van der Waals surface area contributed by atoms with Gasteiger partial charge in [-0.3, -0.25) is 9.69 Å². The van der Waals surface area contributed by atoms with E-state index in [1.807, 2.05) is 37.4 Å². The SMILES string of the molecule is CCO[C@@H]1CN(c2nc(-c3cccc(C)c3OCc3cc(OC)c4c(c3F)CCN(C3CCOCC3)C4)cs2)CC[C@@H]1C(=O)O. The molecule has 1 N–H and O–H groups in total. The molecule has 242 valence electrons. The van der Waals surface area contributed by atoms with Crippen LogP contribution in [0.5, 0.6) is 11.5 Å². The van der Waals surface area contributed by atoms with Crippen molar-refractivity contribution in [2.24, 2.45) is 5.92 Å². The molecule has 3 aliphatic heterocycles. The molecule has 0 unspecified atom stereocenters. The number of aliphatic carboxylic acids is 1. The molecule has 6 rings (SSSR count). The fourth-order valence-electron chi connectivity index (χ4n) is 6.89. The van der Waals surface area contributed by atoms with E-state index in [-0.39, 0.29) is 18.5 Å². The van der Waals surface area contributed by atoms with Crippen molar-refractivity contribution in [1.29, 1.82) is 0 Å². The minimum atomic E-state index is -0.820. The number of ether oxygens (including phenoxy) is 4. The van der Waals surface area contributed by atoms with E-state index in [2.05, 4.69) is 9.80 Å². The van der Waals surface area contributed by atoms with Gasteiger partial charge in [-0.2, -0.15) is 0 Å². The Morgan fingerprint density at radius 2 is 2.02 bits per heavy atom. The average molecular weight is 640 g/mol. The molecule has 2 aromatic carbocycles. The topological polar surface area (TPSA) is 93.6 Å². The van der Waals surface area contributed by atoms with Gasteiger partial charge >= 0.3 is 5.97 Å². The first-order valence-electron chi connectivity index (χ1n) is 15.8. The van der Waals surface area contributed by atoms with Crippen molar-refractivity contribution in [3.05, 3.63) is 57.7 Å². The van der Waals surface area contributed by atoms with Crippen LogP contribution in [0.15, 0.2) is 29.6 Å². The molecule has 1 aromatic heterocycles. The second-order valence-corrected chi connectivity index (χ2v) is 12.8. The minimum Gasteiger partial charge on any atom is -0.496 e. The van der Waals surface area contributed by atoms with Gasteiger partial charge in [-0.25, -0.2) is 9.37 Å². The first-order chi connectivity index (χ1) is 21.9. The molecule has 0 saturated carbocycles. The van der Waals surface area contributed by atoms with Crippen LogP contribution in [0.2, 0.25) is 0 Å². The summed E-state index contributed by atoms with van der Waals surface area (Å²) >= 11 is 1.51. The maximum atomic E-state index is 16.0. The van der Waals surface area contributed by atoms with Crippen LogP contribution < -0.4 is 14.4 Å².